The van der Waals surface area contributed by atoms with Gasteiger partial charge in [-0.1, -0.05) is 11.6 Å². The number of hydrogen-bond acceptors (Lipinski definition) is 4. The zero-order valence-electron chi connectivity index (χ0n) is 9.28. The molecule has 0 aromatic carbocycles. The first-order valence-corrected chi connectivity index (χ1v) is 6.97. The molecule has 1 aromatic heterocycles. The van der Waals surface area contributed by atoms with E-state index in [4.69, 9.17) is 17.3 Å². The van der Waals surface area contributed by atoms with Gasteiger partial charge in [0, 0.05) is 6.54 Å². The number of hydrogen-bond donors (Lipinski definition) is 2. The molecule has 0 bridgehead atoms. The molecule has 1 amide bonds. The quantitative estimate of drug-likeness (QED) is 0.823. The summed E-state index contributed by atoms with van der Waals surface area (Å²) in [4.78, 5) is 15.7. The predicted octanol–water partition coefficient (Wildman–Crippen LogP) is 1.80. The molecule has 1 fully saturated rings. The lowest BCUT2D eigenvalue weighted by Gasteiger charge is -2.11. The molecular weight excluding hydrogens is 258 g/mol. The third kappa shape index (κ3) is 3.26. The molecule has 2 rings (SSSR count). The summed E-state index contributed by atoms with van der Waals surface area (Å²) in [6.07, 6.45) is 2.57. The Balaban J connectivity index is 1.96. The number of carbonyl (C=O) groups excluding carboxylic acids is 1. The minimum absolute atomic E-state index is 0.177. The van der Waals surface area contributed by atoms with Crippen LogP contribution in [0.2, 0.25) is 5.15 Å². The number of pyridine rings is 1. The molecular formula is C11H14ClN3OS. The summed E-state index contributed by atoms with van der Waals surface area (Å²) < 4.78 is 0. The SMILES string of the molecule is Nc1cnc(Cl)cc1C(=O)NCC1CCSC1. The van der Waals surface area contributed by atoms with Crippen molar-refractivity contribution in [2.24, 2.45) is 5.92 Å². The molecule has 0 saturated carbocycles. The maximum absolute atomic E-state index is 11.9. The third-order valence-corrected chi connectivity index (χ3v) is 4.16. The van der Waals surface area contributed by atoms with Crippen molar-refractivity contribution in [1.29, 1.82) is 0 Å². The van der Waals surface area contributed by atoms with Gasteiger partial charge in [0.25, 0.3) is 5.91 Å². The van der Waals surface area contributed by atoms with Gasteiger partial charge < -0.3 is 11.1 Å². The first-order chi connectivity index (χ1) is 8.16. The second kappa shape index (κ2) is 5.60. The monoisotopic (exact) mass is 271 g/mol. The van der Waals surface area contributed by atoms with Crippen LogP contribution in [0.25, 0.3) is 0 Å². The Morgan fingerprint density at radius 1 is 1.71 bits per heavy atom. The van der Waals surface area contributed by atoms with Crippen LogP contribution in [-0.4, -0.2) is 28.9 Å². The average Bonchev–Trinajstić information content (AvgIpc) is 2.82. The number of nitrogens with zero attached hydrogens (tertiary/aromatic N) is 1. The van der Waals surface area contributed by atoms with Crippen molar-refractivity contribution in [2.75, 3.05) is 23.8 Å². The molecule has 4 nitrogen and oxygen atoms in total. The fourth-order valence-corrected chi connectivity index (χ4v) is 3.16. The Morgan fingerprint density at radius 3 is 3.24 bits per heavy atom. The second-order valence-corrected chi connectivity index (χ2v) is 5.57. The maximum Gasteiger partial charge on any atom is 0.253 e. The van der Waals surface area contributed by atoms with E-state index in [0.717, 1.165) is 12.2 Å². The summed E-state index contributed by atoms with van der Waals surface area (Å²) in [5.74, 6) is 2.70. The van der Waals surface area contributed by atoms with E-state index < -0.39 is 0 Å². The maximum atomic E-state index is 11.9. The van der Waals surface area contributed by atoms with E-state index in [9.17, 15) is 4.79 Å². The number of nitrogen functional groups attached to an aromatic ring is 1. The molecule has 2 heterocycles. The van der Waals surface area contributed by atoms with E-state index in [1.807, 2.05) is 11.8 Å². The minimum atomic E-state index is -0.177. The second-order valence-electron chi connectivity index (χ2n) is 4.03. The summed E-state index contributed by atoms with van der Waals surface area (Å²) in [5.41, 5.74) is 6.44. The van der Waals surface area contributed by atoms with Gasteiger partial charge in [-0.25, -0.2) is 4.98 Å². The van der Waals surface area contributed by atoms with Crippen LogP contribution >= 0.6 is 23.4 Å². The van der Waals surface area contributed by atoms with Crippen molar-refractivity contribution in [3.05, 3.63) is 23.0 Å². The van der Waals surface area contributed by atoms with Gasteiger partial charge in [-0.2, -0.15) is 11.8 Å². The van der Waals surface area contributed by atoms with Crippen molar-refractivity contribution in [3.8, 4) is 0 Å². The summed E-state index contributed by atoms with van der Waals surface area (Å²) in [7, 11) is 0. The average molecular weight is 272 g/mol. The lowest BCUT2D eigenvalue weighted by Crippen LogP contribution is -2.29. The standard InChI is InChI=1S/C11H14ClN3OS/c12-10-3-8(9(13)5-14-10)11(16)15-4-7-1-2-17-6-7/h3,5,7H,1-2,4,6,13H2,(H,15,16). The predicted molar refractivity (Wildman–Crippen MR) is 71.4 cm³/mol. The summed E-state index contributed by atoms with van der Waals surface area (Å²) >= 11 is 7.67. The van der Waals surface area contributed by atoms with Crippen molar-refractivity contribution in [1.82, 2.24) is 10.3 Å². The Bertz CT molecular complexity index is 421. The van der Waals surface area contributed by atoms with Crippen molar-refractivity contribution >= 4 is 35.0 Å². The number of rotatable bonds is 3. The molecule has 1 aliphatic rings. The first-order valence-electron chi connectivity index (χ1n) is 5.44. The van der Waals surface area contributed by atoms with Gasteiger partial charge in [0.1, 0.15) is 5.15 Å². The lowest BCUT2D eigenvalue weighted by molar-refractivity contribution is 0.0949. The lowest BCUT2D eigenvalue weighted by atomic mass is 10.1. The Labute approximate surface area is 109 Å². The zero-order valence-corrected chi connectivity index (χ0v) is 10.9. The van der Waals surface area contributed by atoms with E-state index in [1.165, 1.54) is 18.0 Å². The van der Waals surface area contributed by atoms with Crippen LogP contribution in [-0.2, 0) is 0 Å². The third-order valence-electron chi connectivity index (χ3n) is 2.72. The van der Waals surface area contributed by atoms with Crippen molar-refractivity contribution in [3.63, 3.8) is 0 Å². The molecule has 0 radical (unpaired) electrons. The van der Waals surface area contributed by atoms with Gasteiger partial charge in [0.05, 0.1) is 17.4 Å². The highest BCUT2D eigenvalue weighted by molar-refractivity contribution is 7.99. The molecule has 1 atom stereocenters. The van der Waals surface area contributed by atoms with Crippen LogP contribution in [0.1, 0.15) is 16.8 Å². The zero-order chi connectivity index (χ0) is 12.3. The summed E-state index contributed by atoms with van der Waals surface area (Å²) in [6, 6.07) is 1.50. The fourth-order valence-electron chi connectivity index (χ4n) is 1.71. The van der Waals surface area contributed by atoms with E-state index in [0.29, 0.717) is 23.7 Å². The van der Waals surface area contributed by atoms with Gasteiger partial charge >= 0.3 is 0 Å². The summed E-state index contributed by atoms with van der Waals surface area (Å²) in [6.45, 7) is 0.700. The minimum Gasteiger partial charge on any atom is -0.397 e. The van der Waals surface area contributed by atoms with Crippen LogP contribution in [0, 0.1) is 5.92 Å². The van der Waals surface area contributed by atoms with Gasteiger partial charge in [0.15, 0.2) is 0 Å². The van der Waals surface area contributed by atoms with Gasteiger partial charge in [-0.05, 0) is 29.9 Å². The molecule has 92 valence electrons. The molecule has 1 saturated heterocycles. The smallest absolute Gasteiger partial charge is 0.253 e. The van der Waals surface area contributed by atoms with E-state index in [1.54, 1.807) is 0 Å². The van der Waals surface area contributed by atoms with Gasteiger partial charge in [-0.3, -0.25) is 4.79 Å². The van der Waals surface area contributed by atoms with E-state index >= 15 is 0 Å². The van der Waals surface area contributed by atoms with E-state index in [-0.39, 0.29) is 11.1 Å². The van der Waals surface area contributed by atoms with E-state index in [2.05, 4.69) is 10.3 Å². The van der Waals surface area contributed by atoms with Crippen LogP contribution in [0.15, 0.2) is 12.3 Å². The highest BCUT2D eigenvalue weighted by Crippen LogP contribution is 2.22. The number of thioether (sulfide) groups is 1. The molecule has 0 aliphatic carbocycles. The summed E-state index contributed by atoms with van der Waals surface area (Å²) in [5, 5.41) is 3.17. The first kappa shape index (κ1) is 12.5. The molecule has 17 heavy (non-hydrogen) atoms. The Kier molecular flexibility index (Phi) is 4.12. The number of nitrogens with one attached hydrogen (secondary N) is 1. The number of carbonyl (C=O) groups is 1. The van der Waals surface area contributed by atoms with Gasteiger partial charge in [0.2, 0.25) is 0 Å². The molecule has 1 aromatic rings. The molecule has 6 heteroatoms. The number of aromatic nitrogens is 1. The number of halogens is 1. The van der Waals surface area contributed by atoms with Crippen LogP contribution in [0.5, 0.6) is 0 Å². The largest absolute Gasteiger partial charge is 0.397 e. The molecule has 1 aliphatic heterocycles. The van der Waals surface area contributed by atoms with Crippen LogP contribution in [0.4, 0.5) is 5.69 Å². The molecule has 1 unspecified atom stereocenters. The molecule has 3 N–H and O–H groups in total. The van der Waals surface area contributed by atoms with Crippen molar-refractivity contribution in [2.45, 2.75) is 6.42 Å². The van der Waals surface area contributed by atoms with Crippen LogP contribution in [0.3, 0.4) is 0 Å². The Morgan fingerprint density at radius 2 is 2.53 bits per heavy atom. The van der Waals surface area contributed by atoms with Gasteiger partial charge in [-0.15, -0.1) is 0 Å². The molecule has 0 spiro atoms. The highest BCUT2D eigenvalue weighted by atomic mass is 35.5. The normalized spacial score (nSPS) is 19.2. The number of anilines is 1. The van der Waals surface area contributed by atoms with Crippen molar-refractivity contribution < 1.29 is 4.79 Å². The fraction of sp³-hybridized carbons (Fsp3) is 0.455. The Hall–Kier alpha value is -0.940. The van der Waals surface area contributed by atoms with Crippen LogP contribution < -0.4 is 11.1 Å². The number of amides is 1. The topological polar surface area (TPSA) is 68.0 Å². The highest BCUT2D eigenvalue weighted by Gasteiger charge is 2.17. The number of nitrogens with two attached hydrogens (primary N) is 1.